The highest BCUT2D eigenvalue weighted by molar-refractivity contribution is 5.92. The number of fused-ring (bicyclic) bond motifs is 1. The summed E-state index contributed by atoms with van der Waals surface area (Å²) >= 11 is 0. The first-order chi connectivity index (χ1) is 5.27. The van der Waals surface area contributed by atoms with E-state index in [1.165, 1.54) is 0 Å². The van der Waals surface area contributed by atoms with Gasteiger partial charge in [-0.3, -0.25) is 0 Å². The van der Waals surface area contributed by atoms with Gasteiger partial charge in [0.2, 0.25) is 0 Å². The fourth-order valence-electron chi connectivity index (χ4n) is 1.17. The van der Waals surface area contributed by atoms with E-state index in [4.69, 9.17) is 11.5 Å². The van der Waals surface area contributed by atoms with Gasteiger partial charge in [-0.2, -0.15) is 0 Å². The van der Waals surface area contributed by atoms with E-state index in [1.807, 2.05) is 18.2 Å². The molecule has 2 aromatic rings. The zero-order valence-electron chi connectivity index (χ0n) is 5.96. The lowest BCUT2D eigenvalue weighted by Crippen LogP contribution is -1.83. The number of H-pyrrole nitrogens is 1. The number of aromatic nitrogens is 1. The molecule has 0 bridgehead atoms. The summed E-state index contributed by atoms with van der Waals surface area (Å²) in [7, 11) is 0. The van der Waals surface area contributed by atoms with Crippen molar-refractivity contribution in [2.45, 2.75) is 0 Å². The van der Waals surface area contributed by atoms with Gasteiger partial charge >= 0.3 is 0 Å². The predicted octanol–water partition coefficient (Wildman–Crippen LogP) is 1.33. The molecule has 5 N–H and O–H groups in total. The largest absolute Gasteiger partial charge is 0.399 e. The summed E-state index contributed by atoms with van der Waals surface area (Å²) in [5, 5.41) is 1.03. The van der Waals surface area contributed by atoms with Crippen molar-refractivity contribution in [1.29, 1.82) is 0 Å². The fraction of sp³-hybridized carbons (Fsp3) is 0. The van der Waals surface area contributed by atoms with Gasteiger partial charge in [0.05, 0.1) is 5.69 Å². The van der Waals surface area contributed by atoms with Gasteiger partial charge in [0.25, 0.3) is 0 Å². The van der Waals surface area contributed by atoms with E-state index in [-0.39, 0.29) is 0 Å². The highest BCUT2D eigenvalue weighted by Crippen LogP contribution is 2.21. The first kappa shape index (κ1) is 6.09. The van der Waals surface area contributed by atoms with Crippen LogP contribution in [0.2, 0.25) is 0 Å². The van der Waals surface area contributed by atoms with Gasteiger partial charge in [0.1, 0.15) is 0 Å². The van der Waals surface area contributed by atoms with Gasteiger partial charge in [-0.15, -0.1) is 0 Å². The van der Waals surface area contributed by atoms with E-state index < -0.39 is 0 Å². The maximum Gasteiger partial charge on any atom is 0.0571 e. The van der Waals surface area contributed by atoms with Crippen LogP contribution in [0.25, 0.3) is 10.9 Å². The van der Waals surface area contributed by atoms with Crippen LogP contribution in [0.3, 0.4) is 0 Å². The van der Waals surface area contributed by atoms with Crippen molar-refractivity contribution >= 4 is 22.3 Å². The monoisotopic (exact) mass is 147 g/mol. The lowest BCUT2D eigenvalue weighted by atomic mass is 10.2. The van der Waals surface area contributed by atoms with Crippen LogP contribution in [0.15, 0.2) is 24.4 Å². The number of nitrogens with two attached hydrogens (primary N) is 2. The van der Waals surface area contributed by atoms with Crippen molar-refractivity contribution in [3.63, 3.8) is 0 Å². The predicted molar refractivity (Wildman–Crippen MR) is 47.1 cm³/mol. The Hall–Kier alpha value is -1.64. The SMILES string of the molecule is Nc1ccc2c(N)c[nH]c2c1. The molecule has 0 atom stereocenters. The minimum Gasteiger partial charge on any atom is -0.399 e. The second kappa shape index (κ2) is 1.92. The van der Waals surface area contributed by atoms with E-state index in [0.717, 1.165) is 22.3 Å². The molecule has 3 nitrogen and oxygen atoms in total. The molecule has 1 aromatic heterocycles. The number of hydrogen-bond acceptors (Lipinski definition) is 2. The molecule has 0 amide bonds. The maximum atomic E-state index is 5.65. The minimum atomic E-state index is 0.749. The summed E-state index contributed by atoms with van der Waals surface area (Å²) in [4.78, 5) is 3.02. The number of benzene rings is 1. The minimum absolute atomic E-state index is 0.749. The quantitative estimate of drug-likeness (QED) is 0.492. The van der Waals surface area contributed by atoms with E-state index in [1.54, 1.807) is 6.20 Å². The highest BCUT2D eigenvalue weighted by Gasteiger charge is 1.98. The first-order valence-corrected chi connectivity index (χ1v) is 3.39. The van der Waals surface area contributed by atoms with E-state index in [0.29, 0.717) is 0 Å². The average molecular weight is 147 g/mol. The van der Waals surface area contributed by atoms with Gasteiger partial charge < -0.3 is 16.5 Å². The van der Waals surface area contributed by atoms with Crippen LogP contribution in [-0.4, -0.2) is 4.98 Å². The number of nitrogen functional groups attached to an aromatic ring is 2. The van der Waals surface area contributed by atoms with Crippen molar-refractivity contribution in [2.75, 3.05) is 11.5 Å². The second-order valence-electron chi connectivity index (χ2n) is 2.55. The molecule has 0 spiro atoms. The Labute approximate surface area is 64.0 Å². The summed E-state index contributed by atoms with van der Waals surface area (Å²) in [6, 6.07) is 5.62. The van der Waals surface area contributed by atoms with Crippen LogP contribution < -0.4 is 11.5 Å². The van der Waals surface area contributed by atoms with Gasteiger partial charge in [-0.05, 0) is 18.2 Å². The summed E-state index contributed by atoms with van der Waals surface area (Å²) in [6.07, 6.45) is 1.77. The van der Waals surface area contributed by atoms with E-state index in [2.05, 4.69) is 4.98 Å². The summed E-state index contributed by atoms with van der Waals surface area (Å²) in [6.45, 7) is 0. The Morgan fingerprint density at radius 1 is 1.18 bits per heavy atom. The highest BCUT2D eigenvalue weighted by atomic mass is 14.7. The molecule has 0 unspecified atom stereocenters. The second-order valence-corrected chi connectivity index (χ2v) is 2.55. The Morgan fingerprint density at radius 3 is 2.82 bits per heavy atom. The first-order valence-electron chi connectivity index (χ1n) is 3.39. The van der Waals surface area contributed by atoms with Gasteiger partial charge in [0, 0.05) is 22.8 Å². The third-order valence-corrected chi connectivity index (χ3v) is 1.74. The van der Waals surface area contributed by atoms with Gasteiger partial charge in [0.15, 0.2) is 0 Å². The van der Waals surface area contributed by atoms with Crippen molar-refractivity contribution in [2.24, 2.45) is 0 Å². The summed E-state index contributed by atoms with van der Waals surface area (Å²) in [5.74, 6) is 0. The molecule has 0 saturated carbocycles. The van der Waals surface area contributed by atoms with E-state index >= 15 is 0 Å². The third-order valence-electron chi connectivity index (χ3n) is 1.74. The number of aromatic amines is 1. The van der Waals surface area contributed by atoms with Crippen molar-refractivity contribution < 1.29 is 0 Å². The van der Waals surface area contributed by atoms with Crippen molar-refractivity contribution in [1.82, 2.24) is 4.98 Å². The molecular formula is C8H9N3. The maximum absolute atomic E-state index is 5.65. The Morgan fingerprint density at radius 2 is 2.00 bits per heavy atom. The van der Waals surface area contributed by atoms with Crippen LogP contribution in [0.5, 0.6) is 0 Å². The Bertz CT molecular complexity index is 389. The van der Waals surface area contributed by atoms with Crippen LogP contribution in [0.4, 0.5) is 11.4 Å². The van der Waals surface area contributed by atoms with Crippen LogP contribution >= 0.6 is 0 Å². The molecule has 0 aliphatic rings. The van der Waals surface area contributed by atoms with Crippen molar-refractivity contribution in [3.05, 3.63) is 24.4 Å². The van der Waals surface area contributed by atoms with Crippen LogP contribution in [0.1, 0.15) is 0 Å². The lowest BCUT2D eigenvalue weighted by Gasteiger charge is -1.92. The van der Waals surface area contributed by atoms with Gasteiger partial charge in [-0.1, -0.05) is 0 Å². The average Bonchev–Trinajstić information content (AvgIpc) is 2.32. The molecule has 56 valence electrons. The van der Waals surface area contributed by atoms with Crippen LogP contribution in [-0.2, 0) is 0 Å². The topological polar surface area (TPSA) is 67.8 Å². The molecule has 11 heavy (non-hydrogen) atoms. The van der Waals surface area contributed by atoms with E-state index in [9.17, 15) is 0 Å². The zero-order chi connectivity index (χ0) is 7.84. The number of anilines is 2. The molecule has 0 aliphatic heterocycles. The molecule has 0 radical (unpaired) electrons. The molecule has 1 aromatic carbocycles. The number of hydrogen-bond donors (Lipinski definition) is 3. The number of rotatable bonds is 0. The normalized spacial score (nSPS) is 10.5. The smallest absolute Gasteiger partial charge is 0.0571 e. The van der Waals surface area contributed by atoms with Crippen molar-refractivity contribution in [3.8, 4) is 0 Å². The molecular weight excluding hydrogens is 138 g/mol. The number of nitrogens with one attached hydrogen (secondary N) is 1. The third kappa shape index (κ3) is 0.816. The Kier molecular flexibility index (Phi) is 1.06. The fourth-order valence-corrected chi connectivity index (χ4v) is 1.17. The molecule has 0 saturated heterocycles. The molecule has 2 rings (SSSR count). The lowest BCUT2D eigenvalue weighted by molar-refractivity contribution is 1.48. The molecule has 3 heteroatoms. The Balaban J connectivity index is 2.86. The zero-order valence-corrected chi connectivity index (χ0v) is 5.96. The van der Waals surface area contributed by atoms with Gasteiger partial charge in [-0.25, -0.2) is 0 Å². The van der Waals surface area contributed by atoms with Crippen LogP contribution in [0, 0.1) is 0 Å². The summed E-state index contributed by atoms with van der Waals surface area (Å²) < 4.78 is 0. The molecule has 0 fully saturated rings. The molecule has 1 heterocycles. The standard InChI is InChI=1S/C8H9N3/c9-5-1-2-6-7(10)4-11-8(6)3-5/h1-4,11H,9-10H2. The molecule has 0 aliphatic carbocycles. The summed E-state index contributed by atoms with van der Waals surface area (Å²) in [5.41, 5.74) is 13.7.